The van der Waals surface area contributed by atoms with Crippen LogP contribution in [0.1, 0.15) is 23.7 Å². The Balaban J connectivity index is 2.59. The minimum Gasteiger partial charge on any atom is -0.457 e. The predicted octanol–water partition coefficient (Wildman–Crippen LogP) is 2.74. The highest BCUT2D eigenvalue weighted by Crippen LogP contribution is 2.17. The summed E-state index contributed by atoms with van der Waals surface area (Å²) in [6.07, 6.45) is 3.99. The lowest BCUT2D eigenvalue weighted by molar-refractivity contribution is 0.0939. The molecule has 0 saturated carbocycles. The maximum atomic E-state index is 11.6. The molecule has 0 radical (unpaired) electrons. The van der Waals surface area contributed by atoms with Gasteiger partial charge in [0.05, 0.1) is 11.8 Å². The molecule has 1 heterocycles. The number of carbonyl (C=O) groups is 1. The normalized spacial score (nSPS) is 12.1. The first-order chi connectivity index (χ1) is 6.65. The van der Waals surface area contributed by atoms with Gasteiger partial charge in [-0.15, -0.1) is 6.58 Å². The zero-order chi connectivity index (χ0) is 10.6. The van der Waals surface area contributed by atoms with E-state index < -0.39 is 0 Å². The Hall–Kier alpha value is -1.03. The molecule has 0 bridgehead atoms. The zero-order valence-corrected chi connectivity index (χ0v) is 9.50. The van der Waals surface area contributed by atoms with Gasteiger partial charge in [0.2, 0.25) is 0 Å². The molecule has 1 N–H and O–H groups in total. The summed E-state index contributed by atoms with van der Waals surface area (Å²) in [5.41, 5.74) is 0.515. The smallest absolute Gasteiger partial charge is 0.255 e. The number of hydrogen-bond donors (Lipinski definition) is 1. The number of hydrogen-bond acceptors (Lipinski definition) is 2. The third-order valence-corrected chi connectivity index (χ3v) is 2.37. The number of nitrogens with one attached hydrogen (secondary N) is 1. The van der Waals surface area contributed by atoms with Crippen molar-refractivity contribution in [3.05, 3.63) is 35.2 Å². The van der Waals surface area contributed by atoms with E-state index in [9.17, 15) is 4.79 Å². The summed E-state index contributed by atoms with van der Waals surface area (Å²) in [5, 5.41) is 2.82. The summed E-state index contributed by atoms with van der Waals surface area (Å²) in [5.74, 6) is -0.139. The first-order valence-corrected chi connectivity index (χ1v) is 5.09. The highest BCUT2D eigenvalue weighted by Gasteiger charge is 2.13. The van der Waals surface area contributed by atoms with Crippen LogP contribution in [0.25, 0.3) is 0 Å². The molecular formula is C10H12BrNO2. The van der Waals surface area contributed by atoms with Crippen molar-refractivity contribution in [2.24, 2.45) is 0 Å². The maximum Gasteiger partial charge on any atom is 0.255 e. The lowest BCUT2D eigenvalue weighted by Gasteiger charge is -2.10. The number of amides is 1. The molecule has 1 atom stereocenters. The summed E-state index contributed by atoms with van der Waals surface area (Å²) < 4.78 is 5.42. The molecule has 0 spiro atoms. The van der Waals surface area contributed by atoms with Crippen molar-refractivity contribution < 1.29 is 9.21 Å². The van der Waals surface area contributed by atoms with Crippen LogP contribution < -0.4 is 5.32 Å². The Morgan fingerprint density at radius 1 is 1.86 bits per heavy atom. The van der Waals surface area contributed by atoms with Crippen LogP contribution in [-0.4, -0.2) is 11.9 Å². The molecule has 0 aliphatic rings. The number of rotatable bonds is 4. The van der Waals surface area contributed by atoms with E-state index in [-0.39, 0.29) is 11.9 Å². The fourth-order valence-corrected chi connectivity index (χ4v) is 1.49. The van der Waals surface area contributed by atoms with Crippen molar-refractivity contribution in [2.75, 3.05) is 0 Å². The molecule has 3 nitrogen and oxygen atoms in total. The van der Waals surface area contributed by atoms with Gasteiger partial charge in [0.25, 0.3) is 5.91 Å². The van der Waals surface area contributed by atoms with Crippen LogP contribution in [0, 0.1) is 0 Å². The quantitative estimate of drug-likeness (QED) is 0.844. The van der Waals surface area contributed by atoms with Crippen LogP contribution in [-0.2, 0) is 0 Å². The average Bonchev–Trinajstić information content (AvgIpc) is 2.51. The lowest BCUT2D eigenvalue weighted by atomic mass is 10.2. The Bertz CT molecular complexity index is 333. The minimum atomic E-state index is -0.139. The molecule has 0 aromatic carbocycles. The van der Waals surface area contributed by atoms with Crippen molar-refractivity contribution in [1.82, 2.24) is 5.32 Å². The predicted molar refractivity (Wildman–Crippen MR) is 58.2 cm³/mol. The van der Waals surface area contributed by atoms with Crippen LogP contribution in [0.5, 0.6) is 0 Å². The second-order valence-electron chi connectivity index (χ2n) is 3.01. The molecule has 0 saturated heterocycles. The van der Waals surface area contributed by atoms with Crippen LogP contribution in [0.2, 0.25) is 0 Å². The van der Waals surface area contributed by atoms with Gasteiger partial charge < -0.3 is 9.73 Å². The standard InChI is InChI=1S/C10H12BrNO2/c1-3-4-7(2)12-10(13)8-5-6-14-9(8)11/h3,5-7H,1,4H2,2H3,(H,12,13). The second kappa shape index (κ2) is 5.00. The molecule has 0 aliphatic carbocycles. The van der Waals surface area contributed by atoms with E-state index in [1.807, 2.05) is 6.92 Å². The summed E-state index contributed by atoms with van der Waals surface area (Å²) in [6, 6.07) is 1.71. The molecule has 1 rings (SSSR count). The fraction of sp³-hybridized carbons (Fsp3) is 0.300. The Kier molecular flexibility index (Phi) is 3.95. The zero-order valence-electron chi connectivity index (χ0n) is 7.92. The molecule has 0 aliphatic heterocycles. The second-order valence-corrected chi connectivity index (χ2v) is 3.73. The van der Waals surface area contributed by atoms with E-state index in [1.165, 1.54) is 6.26 Å². The Labute approximate surface area is 91.3 Å². The minimum absolute atomic E-state index is 0.0850. The molecule has 1 aromatic rings. The van der Waals surface area contributed by atoms with Crippen LogP contribution >= 0.6 is 15.9 Å². The van der Waals surface area contributed by atoms with Gasteiger partial charge in [0.15, 0.2) is 4.67 Å². The van der Waals surface area contributed by atoms with Crippen LogP contribution in [0.15, 0.2) is 34.1 Å². The van der Waals surface area contributed by atoms with Crippen molar-refractivity contribution in [1.29, 1.82) is 0 Å². The van der Waals surface area contributed by atoms with Crippen molar-refractivity contribution in [2.45, 2.75) is 19.4 Å². The molecule has 1 unspecified atom stereocenters. The highest BCUT2D eigenvalue weighted by atomic mass is 79.9. The molecular weight excluding hydrogens is 246 g/mol. The number of halogens is 1. The SMILES string of the molecule is C=CCC(C)NC(=O)c1ccoc1Br. The van der Waals surface area contributed by atoms with Crippen molar-refractivity contribution in [3.63, 3.8) is 0 Å². The van der Waals surface area contributed by atoms with E-state index in [1.54, 1.807) is 12.1 Å². The van der Waals surface area contributed by atoms with Gasteiger partial charge in [-0.1, -0.05) is 6.08 Å². The third kappa shape index (κ3) is 2.73. The van der Waals surface area contributed by atoms with E-state index in [4.69, 9.17) is 4.42 Å². The third-order valence-electron chi connectivity index (χ3n) is 1.76. The monoisotopic (exact) mass is 257 g/mol. The van der Waals surface area contributed by atoms with E-state index >= 15 is 0 Å². The first-order valence-electron chi connectivity index (χ1n) is 4.30. The largest absolute Gasteiger partial charge is 0.457 e. The topological polar surface area (TPSA) is 42.2 Å². The molecule has 1 amide bonds. The van der Waals surface area contributed by atoms with Crippen LogP contribution in [0.4, 0.5) is 0 Å². The van der Waals surface area contributed by atoms with E-state index in [2.05, 4.69) is 27.8 Å². The van der Waals surface area contributed by atoms with E-state index in [0.717, 1.165) is 6.42 Å². The van der Waals surface area contributed by atoms with Gasteiger partial charge in [-0.25, -0.2) is 0 Å². The van der Waals surface area contributed by atoms with Gasteiger partial charge in [0, 0.05) is 6.04 Å². The summed E-state index contributed by atoms with van der Waals surface area (Å²) in [7, 11) is 0. The fourth-order valence-electron chi connectivity index (χ4n) is 1.07. The maximum absolute atomic E-state index is 11.6. The summed E-state index contributed by atoms with van der Waals surface area (Å²) in [4.78, 5) is 11.6. The van der Waals surface area contributed by atoms with Gasteiger partial charge in [-0.3, -0.25) is 4.79 Å². The van der Waals surface area contributed by atoms with Gasteiger partial charge in [-0.05, 0) is 35.3 Å². The Morgan fingerprint density at radius 3 is 3.07 bits per heavy atom. The summed E-state index contributed by atoms with van der Waals surface area (Å²) >= 11 is 3.15. The highest BCUT2D eigenvalue weighted by molar-refractivity contribution is 9.10. The number of carbonyl (C=O) groups excluding carboxylic acids is 1. The molecule has 0 fully saturated rings. The van der Waals surface area contributed by atoms with Gasteiger partial charge in [0.1, 0.15) is 0 Å². The van der Waals surface area contributed by atoms with Crippen LogP contribution in [0.3, 0.4) is 0 Å². The molecule has 1 aromatic heterocycles. The summed E-state index contributed by atoms with van der Waals surface area (Å²) in [6.45, 7) is 5.53. The lowest BCUT2D eigenvalue weighted by Crippen LogP contribution is -2.31. The molecule has 14 heavy (non-hydrogen) atoms. The molecule has 76 valence electrons. The Morgan fingerprint density at radius 2 is 2.57 bits per heavy atom. The average molecular weight is 258 g/mol. The number of furan rings is 1. The van der Waals surface area contributed by atoms with Gasteiger partial charge >= 0.3 is 0 Å². The first kappa shape index (κ1) is 11.0. The van der Waals surface area contributed by atoms with Crippen molar-refractivity contribution in [3.8, 4) is 0 Å². The van der Waals surface area contributed by atoms with Crippen molar-refractivity contribution >= 4 is 21.8 Å². The molecule has 4 heteroatoms. The van der Waals surface area contributed by atoms with E-state index in [0.29, 0.717) is 10.2 Å². The van der Waals surface area contributed by atoms with Gasteiger partial charge in [-0.2, -0.15) is 0 Å².